The van der Waals surface area contributed by atoms with Crippen LogP contribution in [0.5, 0.6) is 0 Å². The Morgan fingerprint density at radius 3 is 2.36 bits per heavy atom. The van der Waals surface area contributed by atoms with E-state index in [2.05, 4.69) is 35.2 Å². The summed E-state index contributed by atoms with van der Waals surface area (Å²) in [7, 11) is 0. The molecular weight excluding hydrogens is 172 g/mol. The molecule has 1 aromatic rings. The maximum absolute atomic E-state index is 5.84. The summed E-state index contributed by atoms with van der Waals surface area (Å²) in [4.78, 5) is 2.50. The molecule has 1 atom stereocenters. The zero-order valence-corrected chi connectivity index (χ0v) is 8.52. The Hall–Kier alpha value is -0.860. The summed E-state index contributed by atoms with van der Waals surface area (Å²) in [6.07, 6.45) is 2.65. The quantitative estimate of drug-likeness (QED) is 0.787. The van der Waals surface area contributed by atoms with Gasteiger partial charge in [-0.15, -0.1) is 0 Å². The van der Waals surface area contributed by atoms with Crippen molar-refractivity contribution in [2.24, 2.45) is 5.73 Å². The van der Waals surface area contributed by atoms with Crippen LogP contribution in [-0.4, -0.2) is 24.5 Å². The third-order valence-electron chi connectivity index (χ3n) is 2.99. The Labute approximate surface area is 85.7 Å². The van der Waals surface area contributed by atoms with Gasteiger partial charge in [0.05, 0.1) is 0 Å². The van der Waals surface area contributed by atoms with Crippen LogP contribution in [0.3, 0.4) is 0 Å². The van der Waals surface area contributed by atoms with Crippen molar-refractivity contribution in [1.82, 2.24) is 4.90 Å². The Morgan fingerprint density at radius 1 is 1.14 bits per heavy atom. The van der Waals surface area contributed by atoms with Gasteiger partial charge in [-0.25, -0.2) is 0 Å². The Morgan fingerprint density at radius 2 is 1.79 bits per heavy atom. The van der Waals surface area contributed by atoms with E-state index < -0.39 is 0 Å². The molecule has 0 bridgehead atoms. The molecule has 1 fully saturated rings. The molecule has 76 valence electrons. The molecule has 0 unspecified atom stereocenters. The van der Waals surface area contributed by atoms with Gasteiger partial charge >= 0.3 is 0 Å². The maximum Gasteiger partial charge on any atom is 0.0470 e. The van der Waals surface area contributed by atoms with Gasteiger partial charge in [0.2, 0.25) is 0 Å². The Kier molecular flexibility index (Phi) is 3.17. The first-order chi connectivity index (χ1) is 6.92. The zero-order valence-electron chi connectivity index (χ0n) is 8.52. The average molecular weight is 190 g/mol. The van der Waals surface area contributed by atoms with Crippen molar-refractivity contribution in [3.05, 3.63) is 35.9 Å². The molecule has 2 N–H and O–H groups in total. The molecule has 2 nitrogen and oxygen atoms in total. The van der Waals surface area contributed by atoms with Crippen LogP contribution in [0.2, 0.25) is 0 Å². The molecule has 14 heavy (non-hydrogen) atoms. The summed E-state index contributed by atoms with van der Waals surface area (Å²) in [6, 6.07) is 11.0. The van der Waals surface area contributed by atoms with Gasteiger partial charge in [-0.2, -0.15) is 0 Å². The minimum Gasteiger partial charge on any atom is -0.329 e. The number of likely N-dealkylation sites (tertiary alicyclic amines) is 1. The van der Waals surface area contributed by atoms with Crippen LogP contribution < -0.4 is 5.73 Å². The van der Waals surface area contributed by atoms with Crippen molar-refractivity contribution in [2.45, 2.75) is 18.9 Å². The van der Waals surface area contributed by atoms with Gasteiger partial charge in [-0.05, 0) is 31.5 Å². The molecule has 2 rings (SSSR count). The van der Waals surface area contributed by atoms with E-state index in [1.807, 2.05) is 0 Å². The number of hydrogen-bond acceptors (Lipinski definition) is 2. The molecular formula is C12H18N2. The molecule has 0 amide bonds. The SMILES string of the molecule is NC[C@H](c1ccccc1)N1CCCC1. The monoisotopic (exact) mass is 190 g/mol. The molecule has 0 radical (unpaired) electrons. The van der Waals surface area contributed by atoms with Crippen LogP contribution >= 0.6 is 0 Å². The van der Waals surface area contributed by atoms with E-state index in [1.54, 1.807) is 0 Å². The van der Waals surface area contributed by atoms with Crippen LogP contribution in [0.1, 0.15) is 24.4 Å². The summed E-state index contributed by atoms with van der Waals surface area (Å²) in [5.41, 5.74) is 7.20. The maximum atomic E-state index is 5.84. The molecule has 1 aliphatic heterocycles. The van der Waals surface area contributed by atoms with E-state index in [9.17, 15) is 0 Å². The van der Waals surface area contributed by atoms with Crippen molar-refractivity contribution in [3.63, 3.8) is 0 Å². The third kappa shape index (κ3) is 1.97. The van der Waals surface area contributed by atoms with E-state index in [4.69, 9.17) is 5.73 Å². The molecule has 2 heteroatoms. The highest BCUT2D eigenvalue weighted by Crippen LogP contribution is 2.23. The molecule has 1 aromatic carbocycles. The fraction of sp³-hybridized carbons (Fsp3) is 0.500. The van der Waals surface area contributed by atoms with Crippen molar-refractivity contribution in [1.29, 1.82) is 0 Å². The summed E-state index contributed by atoms with van der Waals surface area (Å²) in [5, 5.41) is 0. The number of nitrogens with zero attached hydrogens (tertiary/aromatic N) is 1. The number of nitrogens with two attached hydrogens (primary N) is 1. The van der Waals surface area contributed by atoms with E-state index in [-0.39, 0.29) is 0 Å². The second kappa shape index (κ2) is 4.58. The second-order valence-corrected chi connectivity index (χ2v) is 3.91. The molecule has 1 heterocycles. The number of hydrogen-bond donors (Lipinski definition) is 1. The lowest BCUT2D eigenvalue weighted by atomic mass is 10.1. The lowest BCUT2D eigenvalue weighted by molar-refractivity contribution is 0.251. The van der Waals surface area contributed by atoms with Gasteiger partial charge in [0.15, 0.2) is 0 Å². The van der Waals surface area contributed by atoms with Crippen LogP contribution in [0.4, 0.5) is 0 Å². The molecule has 0 aliphatic carbocycles. The summed E-state index contributed by atoms with van der Waals surface area (Å²) in [6.45, 7) is 3.14. The summed E-state index contributed by atoms with van der Waals surface area (Å²) >= 11 is 0. The highest BCUT2D eigenvalue weighted by molar-refractivity contribution is 5.19. The molecule has 0 spiro atoms. The first-order valence-corrected chi connectivity index (χ1v) is 5.41. The first kappa shape index (κ1) is 9.69. The minimum absolute atomic E-state index is 0.429. The normalized spacial score (nSPS) is 19.8. The van der Waals surface area contributed by atoms with Gasteiger partial charge < -0.3 is 5.73 Å². The minimum atomic E-state index is 0.429. The fourth-order valence-corrected chi connectivity index (χ4v) is 2.22. The first-order valence-electron chi connectivity index (χ1n) is 5.41. The lowest BCUT2D eigenvalue weighted by Gasteiger charge is -2.26. The largest absolute Gasteiger partial charge is 0.329 e. The van der Waals surface area contributed by atoms with Crippen LogP contribution in [0, 0.1) is 0 Å². The fourth-order valence-electron chi connectivity index (χ4n) is 2.22. The molecule has 0 aromatic heterocycles. The van der Waals surface area contributed by atoms with Gasteiger partial charge in [0.25, 0.3) is 0 Å². The highest BCUT2D eigenvalue weighted by atomic mass is 15.2. The second-order valence-electron chi connectivity index (χ2n) is 3.91. The summed E-state index contributed by atoms with van der Waals surface area (Å²) < 4.78 is 0. The van der Waals surface area contributed by atoms with Crippen molar-refractivity contribution in [3.8, 4) is 0 Å². The van der Waals surface area contributed by atoms with Crippen LogP contribution in [0.25, 0.3) is 0 Å². The smallest absolute Gasteiger partial charge is 0.0470 e. The Bertz CT molecular complexity index is 265. The zero-order chi connectivity index (χ0) is 9.80. The van der Waals surface area contributed by atoms with Crippen LogP contribution in [0.15, 0.2) is 30.3 Å². The number of benzene rings is 1. The van der Waals surface area contributed by atoms with Crippen molar-refractivity contribution >= 4 is 0 Å². The van der Waals surface area contributed by atoms with Gasteiger partial charge in [-0.1, -0.05) is 30.3 Å². The van der Waals surface area contributed by atoms with E-state index in [0.717, 1.165) is 6.54 Å². The highest BCUT2D eigenvalue weighted by Gasteiger charge is 2.21. The van der Waals surface area contributed by atoms with Crippen molar-refractivity contribution in [2.75, 3.05) is 19.6 Å². The van der Waals surface area contributed by atoms with Gasteiger partial charge in [0, 0.05) is 12.6 Å². The topological polar surface area (TPSA) is 29.3 Å². The standard InChI is InChI=1S/C12H18N2/c13-10-12(14-8-4-5-9-14)11-6-2-1-3-7-11/h1-3,6-7,12H,4-5,8-10,13H2/t12-/m1/s1. The van der Waals surface area contributed by atoms with Gasteiger partial charge in [-0.3, -0.25) is 4.90 Å². The lowest BCUT2D eigenvalue weighted by Crippen LogP contribution is -2.31. The van der Waals surface area contributed by atoms with Crippen LogP contribution in [-0.2, 0) is 0 Å². The summed E-state index contributed by atoms with van der Waals surface area (Å²) in [5.74, 6) is 0. The Balaban J connectivity index is 2.12. The van der Waals surface area contributed by atoms with E-state index in [0.29, 0.717) is 6.04 Å². The molecule has 1 saturated heterocycles. The molecule has 0 saturated carbocycles. The average Bonchev–Trinajstić information content (AvgIpc) is 2.74. The third-order valence-corrected chi connectivity index (χ3v) is 2.99. The molecule has 1 aliphatic rings. The predicted octanol–water partition coefficient (Wildman–Crippen LogP) is 1.78. The number of rotatable bonds is 3. The van der Waals surface area contributed by atoms with E-state index >= 15 is 0 Å². The van der Waals surface area contributed by atoms with Crippen molar-refractivity contribution < 1.29 is 0 Å². The van der Waals surface area contributed by atoms with E-state index in [1.165, 1.54) is 31.5 Å². The predicted molar refractivity (Wildman–Crippen MR) is 59.0 cm³/mol. The van der Waals surface area contributed by atoms with Gasteiger partial charge in [0.1, 0.15) is 0 Å².